The summed E-state index contributed by atoms with van der Waals surface area (Å²) in [6.07, 6.45) is 34.8. The van der Waals surface area contributed by atoms with Crippen molar-refractivity contribution in [1.29, 1.82) is 0 Å². The molecule has 6 nitrogen and oxygen atoms in total. The van der Waals surface area contributed by atoms with Crippen LogP contribution in [0, 0.1) is 0 Å². The van der Waals surface area contributed by atoms with E-state index >= 15 is 0 Å². The Labute approximate surface area is 259 Å². The van der Waals surface area contributed by atoms with Crippen LogP contribution in [0.15, 0.2) is 12.2 Å². The van der Waals surface area contributed by atoms with E-state index in [1.807, 2.05) is 0 Å². The SMILES string of the molecule is CCCCCCCCC/C=C\C(CCCCCCCCC(=O)NCC(=O)O)OC(=O)CCCCCCCCCCCC. The van der Waals surface area contributed by atoms with Crippen molar-refractivity contribution >= 4 is 17.8 Å². The van der Waals surface area contributed by atoms with Gasteiger partial charge in [0.25, 0.3) is 0 Å². The zero-order valence-corrected chi connectivity index (χ0v) is 27.6. The average molecular weight is 594 g/mol. The summed E-state index contributed by atoms with van der Waals surface area (Å²) in [6.45, 7) is 4.20. The first-order valence-corrected chi connectivity index (χ1v) is 17.8. The van der Waals surface area contributed by atoms with Gasteiger partial charge in [-0.1, -0.05) is 142 Å². The number of esters is 1. The summed E-state index contributed by atoms with van der Waals surface area (Å²) in [5, 5.41) is 11.0. The zero-order chi connectivity index (χ0) is 30.9. The number of carboxylic acid groups (broad SMARTS) is 1. The fourth-order valence-electron chi connectivity index (χ4n) is 5.25. The van der Waals surface area contributed by atoms with Crippen LogP contribution in [0.4, 0.5) is 0 Å². The van der Waals surface area contributed by atoms with Crippen molar-refractivity contribution in [2.75, 3.05) is 6.54 Å². The lowest BCUT2D eigenvalue weighted by Crippen LogP contribution is -2.28. The van der Waals surface area contributed by atoms with E-state index in [1.165, 1.54) is 96.3 Å². The lowest BCUT2D eigenvalue weighted by molar-refractivity contribution is -0.147. The minimum absolute atomic E-state index is 0.0543. The molecule has 2 N–H and O–H groups in total. The van der Waals surface area contributed by atoms with Gasteiger partial charge in [-0.3, -0.25) is 14.4 Å². The van der Waals surface area contributed by atoms with E-state index in [9.17, 15) is 14.4 Å². The average Bonchev–Trinajstić information content (AvgIpc) is 2.97. The van der Waals surface area contributed by atoms with E-state index in [0.717, 1.165) is 64.2 Å². The molecule has 0 aromatic heterocycles. The molecule has 0 heterocycles. The lowest BCUT2D eigenvalue weighted by atomic mass is 10.0. The normalized spacial score (nSPS) is 12.0. The van der Waals surface area contributed by atoms with E-state index in [0.29, 0.717) is 12.8 Å². The Bertz CT molecular complexity index is 663. The minimum atomic E-state index is -1.02. The third-order valence-corrected chi connectivity index (χ3v) is 7.92. The maximum atomic E-state index is 12.6. The Kier molecular flexibility index (Phi) is 30.7. The van der Waals surface area contributed by atoms with Crippen molar-refractivity contribution in [3.8, 4) is 0 Å². The van der Waals surface area contributed by atoms with Crippen molar-refractivity contribution in [2.24, 2.45) is 0 Å². The molecule has 0 radical (unpaired) electrons. The van der Waals surface area contributed by atoms with Crippen molar-refractivity contribution in [3.63, 3.8) is 0 Å². The molecule has 0 saturated heterocycles. The number of carboxylic acids is 1. The molecular formula is C36H67NO5. The van der Waals surface area contributed by atoms with Gasteiger partial charge in [-0.15, -0.1) is 0 Å². The first kappa shape index (κ1) is 40.1. The molecule has 1 unspecified atom stereocenters. The number of carbonyl (C=O) groups is 3. The summed E-state index contributed by atoms with van der Waals surface area (Å²) >= 11 is 0. The van der Waals surface area contributed by atoms with Crippen LogP contribution < -0.4 is 5.32 Å². The summed E-state index contributed by atoms with van der Waals surface area (Å²) < 4.78 is 5.90. The number of allylic oxidation sites excluding steroid dienone is 1. The van der Waals surface area contributed by atoms with Crippen LogP contribution in [-0.4, -0.2) is 35.6 Å². The second-order valence-corrected chi connectivity index (χ2v) is 12.1. The number of rotatable bonds is 32. The van der Waals surface area contributed by atoms with Gasteiger partial charge in [0.15, 0.2) is 0 Å². The highest BCUT2D eigenvalue weighted by molar-refractivity contribution is 5.80. The number of ether oxygens (including phenoxy) is 1. The van der Waals surface area contributed by atoms with Crippen LogP contribution in [0.25, 0.3) is 0 Å². The molecule has 1 atom stereocenters. The van der Waals surface area contributed by atoms with Gasteiger partial charge >= 0.3 is 11.9 Å². The van der Waals surface area contributed by atoms with E-state index < -0.39 is 5.97 Å². The molecule has 246 valence electrons. The highest BCUT2D eigenvalue weighted by Gasteiger charge is 2.11. The predicted molar refractivity (Wildman–Crippen MR) is 176 cm³/mol. The second-order valence-electron chi connectivity index (χ2n) is 12.1. The minimum Gasteiger partial charge on any atom is -0.480 e. The molecule has 1 amide bonds. The van der Waals surface area contributed by atoms with E-state index in [2.05, 4.69) is 31.3 Å². The number of hydrogen-bond donors (Lipinski definition) is 2. The third kappa shape index (κ3) is 31.1. The summed E-state index contributed by atoms with van der Waals surface area (Å²) in [5.41, 5.74) is 0. The first-order chi connectivity index (χ1) is 20.5. The number of unbranched alkanes of at least 4 members (excludes halogenated alkanes) is 21. The first-order valence-electron chi connectivity index (χ1n) is 17.8. The third-order valence-electron chi connectivity index (χ3n) is 7.92. The van der Waals surface area contributed by atoms with Crippen LogP contribution in [0.3, 0.4) is 0 Å². The van der Waals surface area contributed by atoms with Gasteiger partial charge in [0.2, 0.25) is 5.91 Å². The Balaban J connectivity index is 4.20. The lowest BCUT2D eigenvalue weighted by Gasteiger charge is -2.15. The van der Waals surface area contributed by atoms with Crippen molar-refractivity contribution in [3.05, 3.63) is 12.2 Å². The zero-order valence-electron chi connectivity index (χ0n) is 27.6. The standard InChI is InChI=1S/C36H67NO5/c1-3-5-7-9-11-13-15-17-23-27-31-36(41)42-33(28-24-20-16-14-12-10-8-6-4-2)29-25-21-18-19-22-26-30-34(38)37-32-35(39)40/h24,28,33H,3-23,25-27,29-32H2,1-2H3,(H,37,38)(H,39,40)/b28-24-. The molecule has 0 fully saturated rings. The second kappa shape index (κ2) is 32.1. The monoisotopic (exact) mass is 594 g/mol. The van der Waals surface area contributed by atoms with Gasteiger partial charge in [0, 0.05) is 12.8 Å². The van der Waals surface area contributed by atoms with Gasteiger partial charge in [-0.05, 0) is 44.6 Å². The summed E-state index contributed by atoms with van der Waals surface area (Å²) in [4.78, 5) is 34.7. The predicted octanol–water partition coefficient (Wildman–Crippen LogP) is 10.2. The molecule has 6 heteroatoms. The van der Waals surface area contributed by atoms with Gasteiger partial charge in [-0.25, -0.2) is 0 Å². The summed E-state index contributed by atoms with van der Waals surface area (Å²) in [5.74, 6) is -1.26. The van der Waals surface area contributed by atoms with Crippen molar-refractivity contribution in [1.82, 2.24) is 5.32 Å². The molecule has 0 aromatic carbocycles. The van der Waals surface area contributed by atoms with Crippen LogP contribution in [0.5, 0.6) is 0 Å². The number of nitrogens with one attached hydrogen (secondary N) is 1. The molecule has 0 saturated carbocycles. The molecule has 0 aliphatic heterocycles. The fraction of sp³-hybridized carbons (Fsp3) is 0.861. The summed E-state index contributed by atoms with van der Waals surface area (Å²) in [6, 6.07) is 0. The number of amides is 1. The number of hydrogen-bond acceptors (Lipinski definition) is 4. The van der Waals surface area contributed by atoms with Crippen molar-refractivity contribution < 1.29 is 24.2 Å². The summed E-state index contributed by atoms with van der Waals surface area (Å²) in [7, 11) is 0. The quantitative estimate of drug-likeness (QED) is 0.0460. The Morgan fingerprint density at radius 1 is 0.619 bits per heavy atom. The molecule has 0 spiro atoms. The van der Waals surface area contributed by atoms with Crippen LogP contribution in [0.2, 0.25) is 0 Å². The largest absolute Gasteiger partial charge is 0.480 e. The maximum absolute atomic E-state index is 12.6. The topological polar surface area (TPSA) is 92.7 Å². The number of aliphatic carboxylic acids is 1. The van der Waals surface area contributed by atoms with Gasteiger partial charge in [-0.2, -0.15) is 0 Å². The molecular weight excluding hydrogens is 526 g/mol. The Hall–Kier alpha value is -1.85. The number of carbonyl (C=O) groups excluding carboxylic acids is 2. The van der Waals surface area contributed by atoms with Crippen LogP contribution in [0.1, 0.15) is 187 Å². The smallest absolute Gasteiger partial charge is 0.322 e. The van der Waals surface area contributed by atoms with Gasteiger partial charge in [0.1, 0.15) is 12.6 Å². The van der Waals surface area contributed by atoms with Gasteiger partial charge < -0.3 is 15.2 Å². The molecule has 42 heavy (non-hydrogen) atoms. The van der Waals surface area contributed by atoms with Gasteiger partial charge in [0.05, 0.1) is 0 Å². The molecule has 0 bridgehead atoms. The molecule has 0 aliphatic carbocycles. The molecule has 0 aromatic rings. The Morgan fingerprint density at radius 2 is 1.07 bits per heavy atom. The van der Waals surface area contributed by atoms with E-state index in [1.54, 1.807) is 0 Å². The van der Waals surface area contributed by atoms with Crippen LogP contribution in [-0.2, 0) is 19.1 Å². The highest BCUT2D eigenvalue weighted by Crippen LogP contribution is 2.16. The molecule has 0 aliphatic rings. The van der Waals surface area contributed by atoms with Crippen LogP contribution >= 0.6 is 0 Å². The highest BCUT2D eigenvalue weighted by atomic mass is 16.5. The Morgan fingerprint density at radius 3 is 1.60 bits per heavy atom. The maximum Gasteiger partial charge on any atom is 0.322 e. The van der Waals surface area contributed by atoms with E-state index in [-0.39, 0.29) is 24.5 Å². The van der Waals surface area contributed by atoms with E-state index in [4.69, 9.17) is 9.84 Å². The fourth-order valence-corrected chi connectivity index (χ4v) is 5.25. The molecule has 0 rings (SSSR count). The van der Waals surface area contributed by atoms with Crippen molar-refractivity contribution in [2.45, 2.75) is 193 Å².